The summed E-state index contributed by atoms with van der Waals surface area (Å²) in [7, 11) is 0. The molecule has 0 amide bonds. The Kier molecular flexibility index (Phi) is 3.07. The minimum atomic E-state index is -0.0336. The highest BCUT2D eigenvalue weighted by atomic mass is 32.1. The number of hydrogen-bond acceptors (Lipinski definition) is 4. The van der Waals surface area contributed by atoms with Crippen molar-refractivity contribution in [1.29, 1.82) is 0 Å². The number of thiophene rings is 1. The SMILES string of the molecule is O=Cc1sccc1OCCO. The number of carbonyl (C=O) groups is 1. The lowest BCUT2D eigenvalue weighted by Crippen LogP contribution is -2.01. The van der Waals surface area contributed by atoms with Crippen molar-refractivity contribution in [3.05, 3.63) is 16.3 Å². The Morgan fingerprint density at radius 2 is 2.55 bits per heavy atom. The number of aliphatic hydroxyl groups excluding tert-OH is 1. The van der Waals surface area contributed by atoms with E-state index in [4.69, 9.17) is 9.84 Å². The molecular formula is C7H8O3S. The Morgan fingerprint density at radius 1 is 1.73 bits per heavy atom. The lowest BCUT2D eigenvalue weighted by Gasteiger charge is -2.00. The summed E-state index contributed by atoms with van der Waals surface area (Å²) < 4.78 is 5.05. The van der Waals surface area contributed by atoms with Gasteiger partial charge in [-0.15, -0.1) is 11.3 Å². The number of ether oxygens (including phenoxy) is 1. The zero-order valence-corrected chi connectivity index (χ0v) is 6.63. The minimum absolute atomic E-state index is 0.0336. The van der Waals surface area contributed by atoms with Crippen LogP contribution in [0.3, 0.4) is 0 Å². The molecule has 0 saturated carbocycles. The summed E-state index contributed by atoms with van der Waals surface area (Å²) >= 11 is 1.33. The van der Waals surface area contributed by atoms with E-state index in [1.807, 2.05) is 0 Å². The fourth-order valence-corrected chi connectivity index (χ4v) is 1.31. The average molecular weight is 172 g/mol. The topological polar surface area (TPSA) is 46.5 Å². The van der Waals surface area contributed by atoms with Crippen LogP contribution in [0.5, 0.6) is 5.75 Å². The van der Waals surface area contributed by atoms with Crippen LogP contribution in [0.15, 0.2) is 11.4 Å². The Labute approximate surface area is 68.2 Å². The van der Waals surface area contributed by atoms with Gasteiger partial charge in [0, 0.05) is 0 Å². The summed E-state index contributed by atoms with van der Waals surface area (Å²) in [4.78, 5) is 10.9. The van der Waals surface area contributed by atoms with Gasteiger partial charge in [0.2, 0.25) is 0 Å². The summed E-state index contributed by atoms with van der Waals surface area (Å²) in [6.45, 7) is 0.200. The molecule has 0 saturated heterocycles. The highest BCUT2D eigenvalue weighted by Gasteiger charge is 2.02. The van der Waals surface area contributed by atoms with Gasteiger partial charge in [0.1, 0.15) is 17.2 Å². The fourth-order valence-electron chi connectivity index (χ4n) is 0.670. The van der Waals surface area contributed by atoms with Crippen molar-refractivity contribution in [2.75, 3.05) is 13.2 Å². The smallest absolute Gasteiger partial charge is 0.163 e. The van der Waals surface area contributed by atoms with Gasteiger partial charge in [-0.1, -0.05) is 0 Å². The van der Waals surface area contributed by atoms with Crippen molar-refractivity contribution in [2.45, 2.75) is 0 Å². The molecule has 60 valence electrons. The molecule has 1 rings (SSSR count). The molecule has 0 aliphatic carbocycles. The van der Waals surface area contributed by atoms with E-state index >= 15 is 0 Å². The van der Waals surface area contributed by atoms with E-state index < -0.39 is 0 Å². The first-order chi connectivity index (χ1) is 5.38. The molecule has 3 nitrogen and oxygen atoms in total. The van der Waals surface area contributed by atoms with E-state index in [0.717, 1.165) is 6.29 Å². The van der Waals surface area contributed by atoms with Crippen molar-refractivity contribution < 1.29 is 14.6 Å². The van der Waals surface area contributed by atoms with Crippen LogP contribution in [-0.2, 0) is 0 Å². The van der Waals surface area contributed by atoms with Crippen molar-refractivity contribution in [3.8, 4) is 5.75 Å². The standard InChI is InChI=1S/C7H8O3S/c8-2-3-10-6-1-4-11-7(6)5-9/h1,4-5,8H,2-3H2. The predicted octanol–water partition coefficient (Wildman–Crippen LogP) is 0.932. The molecule has 0 aromatic carbocycles. The molecular weight excluding hydrogens is 164 g/mol. The van der Waals surface area contributed by atoms with Gasteiger partial charge in [0.25, 0.3) is 0 Å². The maximum absolute atomic E-state index is 10.3. The highest BCUT2D eigenvalue weighted by Crippen LogP contribution is 2.22. The maximum Gasteiger partial charge on any atom is 0.163 e. The number of hydrogen-bond donors (Lipinski definition) is 1. The third kappa shape index (κ3) is 2.03. The van der Waals surface area contributed by atoms with Crippen LogP contribution < -0.4 is 4.74 Å². The van der Waals surface area contributed by atoms with Crippen LogP contribution in [0.1, 0.15) is 9.67 Å². The lowest BCUT2D eigenvalue weighted by atomic mass is 10.4. The van der Waals surface area contributed by atoms with E-state index in [2.05, 4.69) is 0 Å². The van der Waals surface area contributed by atoms with Crippen LogP contribution >= 0.6 is 11.3 Å². The summed E-state index contributed by atoms with van der Waals surface area (Å²) in [5.41, 5.74) is 0. The Morgan fingerprint density at radius 3 is 3.18 bits per heavy atom. The van der Waals surface area contributed by atoms with Gasteiger partial charge in [0.15, 0.2) is 6.29 Å². The second kappa shape index (κ2) is 4.10. The second-order valence-electron chi connectivity index (χ2n) is 1.84. The molecule has 4 heteroatoms. The predicted molar refractivity (Wildman–Crippen MR) is 42.3 cm³/mol. The minimum Gasteiger partial charge on any atom is -0.490 e. The third-order valence-corrected chi connectivity index (χ3v) is 1.94. The van der Waals surface area contributed by atoms with Gasteiger partial charge >= 0.3 is 0 Å². The summed E-state index contributed by atoms with van der Waals surface area (Å²) in [5.74, 6) is 0.555. The number of aliphatic hydroxyl groups is 1. The molecule has 0 radical (unpaired) electrons. The zero-order valence-electron chi connectivity index (χ0n) is 5.82. The molecule has 1 aromatic heterocycles. The van der Waals surface area contributed by atoms with Crippen molar-refractivity contribution >= 4 is 17.6 Å². The Bertz CT molecular complexity index is 231. The van der Waals surface area contributed by atoms with Crippen LogP contribution in [0, 0.1) is 0 Å². The quantitative estimate of drug-likeness (QED) is 0.687. The Balaban J connectivity index is 2.61. The molecule has 0 aliphatic rings. The largest absolute Gasteiger partial charge is 0.490 e. The summed E-state index contributed by atoms with van der Waals surface area (Å²) in [6.07, 6.45) is 0.747. The molecule has 1 aromatic rings. The highest BCUT2D eigenvalue weighted by molar-refractivity contribution is 7.12. The molecule has 0 spiro atoms. The van der Waals surface area contributed by atoms with Gasteiger partial charge in [-0.25, -0.2) is 0 Å². The monoisotopic (exact) mass is 172 g/mol. The van der Waals surface area contributed by atoms with Crippen LogP contribution in [0.2, 0.25) is 0 Å². The van der Waals surface area contributed by atoms with E-state index in [1.165, 1.54) is 11.3 Å². The van der Waals surface area contributed by atoms with Gasteiger partial charge in [0.05, 0.1) is 6.61 Å². The van der Waals surface area contributed by atoms with E-state index in [9.17, 15) is 4.79 Å². The molecule has 1 N–H and O–H groups in total. The number of aldehydes is 1. The van der Waals surface area contributed by atoms with E-state index in [-0.39, 0.29) is 13.2 Å². The van der Waals surface area contributed by atoms with Crippen LogP contribution in [0.4, 0.5) is 0 Å². The summed E-state index contributed by atoms with van der Waals surface area (Å²) in [5, 5.41) is 10.2. The van der Waals surface area contributed by atoms with Crippen molar-refractivity contribution in [2.24, 2.45) is 0 Å². The second-order valence-corrected chi connectivity index (χ2v) is 2.79. The first-order valence-electron chi connectivity index (χ1n) is 3.15. The third-order valence-electron chi connectivity index (χ3n) is 1.11. The van der Waals surface area contributed by atoms with E-state index in [0.29, 0.717) is 10.6 Å². The molecule has 0 aliphatic heterocycles. The van der Waals surface area contributed by atoms with Crippen LogP contribution in [0.25, 0.3) is 0 Å². The fraction of sp³-hybridized carbons (Fsp3) is 0.286. The van der Waals surface area contributed by atoms with Gasteiger partial charge in [-0.2, -0.15) is 0 Å². The first kappa shape index (κ1) is 8.23. The molecule has 0 unspecified atom stereocenters. The van der Waals surface area contributed by atoms with Gasteiger partial charge in [-0.05, 0) is 11.4 Å². The Hall–Kier alpha value is -0.870. The van der Waals surface area contributed by atoms with Crippen molar-refractivity contribution in [1.82, 2.24) is 0 Å². The van der Waals surface area contributed by atoms with Gasteiger partial charge in [-0.3, -0.25) is 4.79 Å². The molecule has 0 atom stereocenters. The zero-order chi connectivity index (χ0) is 8.10. The first-order valence-corrected chi connectivity index (χ1v) is 4.02. The van der Waals surface area contributed by atoms with Crippen LogP contribution in [-0.4, -0.2) is 24.6 Å². The summed E-state index contributed by atoms with van der Waals surface area (Å²) in [6, 6.07) is 1.71. The molecule has 11 heavy (non-hydrogen) atoms. The van der Waals surface area contributed by atoms with Gasteiger partial charge < -0.3 is 9.84 Å². The molecule has 1 heterocycles. The number of carbonyl (C=O) groups excluding carboxylic acids is 1. The average Bonchev–Trinajstić information content (AvgIpc) is 2.47. The number of rotatable bonds is 4. The van der Waals surface area contributed by atoms with Crippen molar-refractivity contribution in [3.63, 3.8) is 0 Å². The molecule has 0 bridgehead atoms. The molecule has 0 fully saturated rings. The normalized spacial score (nSPS) is 9.55. The lowest BCUT2D eigenvalue weighted by molar-refractivity contribution is 0.112. The maximum atomic E-state index is 10.3. The van der Waals surface area contributed by atoms with E-state index in [1.54, 1.807) is 11.4 Å².